The minimum absolute atomic E-state index is 0.345. The molecule has 0 unspecified atom stereocenters. The maximum absolute atomic E-state index is 11.0. The van der Waals surface area contributed by atoms with E-state index in [9.17, 15) is 4.79 Å². The van der Waals surface area contributed by atoms with Gasteiger partial charge in [0.25, 0.3) is 0 Å². The molecule has 78 valence electrons. The smallest absolute Gasteiger partial charge is 0.186 e. The van der Waals surface area contributed by atoms with Crippen LogP contribution in [0.15, 0.2) is 30.0 Å². The Labute approximate surface area is 94.4 Å². The predicted molar refractivity (Wildman–Crippen MR) is 59.9 cm³/mol. The van der Waals surface area contributed by atoms with E-state index in [1.807, 2.05) is 17.5 Å². The fraction of sp³-hybridized carbons (Fsp3) is 0. The van der Waals surface area contributed by atoms with E-state index in [0.717, 1.165) is 11.3 Å². The molecule has 0 amide bonds. The summed E-state index contributed by atoms with van der Waals surface area (Å²) in [6.45, 7) is 0. The maximum atomic E-state index is 11.0. The minimum atomic E-state index is 0.345. The van der Waals surface area contributed by atoms with Crippen LogP contribution in [-0.4, -0.2) is 25.8 Å². The van der Waals surface area contributed by atoms with E-state index < -0.39 is 0 Å². The van der Waals surface area contributed by atoms with Gasteiger partial charge in [-0.15, -0.1) is 11.3 Å². The molecule has 16 heavy (non-hydrogen) atoms. The lowest BCUT2D eigenvalue weighted by molar-refractivity contribution is 0.111. The molecule has 0 N–H and O–H groups in total. The SMILES string of the molecule is O=Cc1nc2cncnc2n1-c1cccs1. The molecule has 0 aromatic carbocycles. The number of hydrogen-bond donors (Lipinski definition) is 0. The van der Waals surface area contributed by atoms with Gasteiger partial charge >= 0.3 is 0 Å². The van der Waals surface area contributed by atoms with Crippen LogP contribution in [0.5, 0.6) is 0 Å². The van der Waals surface area contributed by atoms with Crippen LogP contribution in [-0.2, 0) is 0 Å². The molecule has 6 heteroatoms. The van der Waals surface area contributed by atoms with Gasteiger partial charge in [-0.1, -0.05) is 0 Å². The largest absolute Gasteiger partial charge is 0.294 e. The average molecular weight is 230 g/mol. The summed E-state index contributed by atoms with van der Waals surface area (Å²) in [6, 6.07) is 3.84. The molecule has 0 radical (unpaired) electrons. The predicted octanol–water partition coefficient (Wildman–Crippen LogP) is 1.69. The van der Waals surface area contributed by atoms with Crippen LogP contribution in [0, 0.1) is 0 Å². The van der Waals surface area contributed by atoms with Gasteiger partial charge in [0.1, 0.15) is 16.8 Å². The highest BCUT2D eigenvalue weighted by molar-refractivity contribution is 7.12. The summed E-state index contributed by atoms with van der Waals surface area (Å²) < 4.78 is 1.73. The van der Waals surface area contributed by atoms with Gasteiger partial charge in [-0.2, -0.15) is 0 Å². The second-order valence-electron chi connectivity index (χ2n) is 3.11. The zero-order valence-corrected chi connectivity index (χ0v) is 8.89. The zero-order valence-electron chi connectivity index (χ0n) is 8.07. The van der Waals surface area contributed by atoms with Gasteiger partial charge in [-0.25, -0.2) is 15.0 Å². The standard InChI is InChI=1S/C10H6N4OS/c15-5-8-13-7-4-11-6-12-10(7)14(8)9-2-1-3-16-9/h1-6H. The summed E-state index contributed by atoms with van der Waals surface area (Å²) >= 11 is 1.53. The molecule has 0 aliphatic carbocycles. The van der Waals surface area contributed by atoms with E-state index in [1.54, 1.807) is 10.8 Å². The van der Waals surface area contributed by atoms with E-state index in [-0.39, 0.29) is 0 Å². The number of rotatable bonds is 2. The van der Waals surface area contributed by atoms with Gasteiger partial charge in [0.15, 0.2) is 17.8 Å². The number of hydrogen-bond acceptors (Lipinski definition) is 5. The topological polar surface area (TPSA) is 60.7 Å². The molecule has 0 spiro atoms. The highest BCUT2D eigenvalue weighted by Gasteiger charge is 2.13. The molecule has 3 aromatic heterocycles. The van der Waals surface area contributed by atoms with Crippen LogP contribution >= 0.6 is 11.3 Å². The van der Waals surface area contributed by atoms with Gasteiger partial charge < -0.3 is 0 Å². The first-order valence-electron chi connectivity index (χ1n) is 4.57. The van der Waals surface area contributed by atoms with Crippen molar-refractivity contribution in [2.45, 2.75) is 0 Å². The van der Waals surface area contributed by atoms with E-state index in [2.05, 4.69) is 15.0 Å². The summed E-state index contributed by atoms with van der Waals surface area (Å²) in [7, 11) is 0. The number of aldehydes is 1. The van der Waals surface area contributed by atoms with Crippen molar-refractivity contribution in [3.63, 3.8) is 0 Å². The Morgan fingerprint density at radius 3 is 3.12 bits per heavy atom. The molecule has 3 heterocycles. The maximum Gasteiger partial charge on any atom is 0.186 e. The molecular formula is C10H6N4OS. The molecule has 0 aliphatic rings. The Kier molecular flexibility index (Phi) is 2.00. The minimum Gasteiger partial charge on any atom is -0.294 e. The van der Waals surface area contributed by atoms with Crippen molar-refractivity contribution < 1.29 is 4.79 Å². The van der Waals surface area contributed by atoms with E-state index in [4.69, 9.17) is 0 Å². The second-order valence-corrected chi connectivity index (χ2v) is 4.03. The van der Waals surface area contributed by atoms with Crippen LogP contribution in [0.1, 0.15) is 10.6 Å². The zero-order chi connectivity index (χ0) is 11.0. The molecule has 3 aromatic rings. The van der Waals surface area contributed by atoms with Crippen LogP contribution in [0.3, 0.4) is 0 Å². The van der Waals surface area contributed by atoms with E-state index in [0.29, 0.717) is 17.0 Å². The number of aromatic nitrogens is 4. The fourth-order valence-corrected chi connectivity index (χ4v) is 2.28. The quantitative estimate of drug-likeness (QED) is 0.628. The first kappa shape index (κ1) is 9.17. The molecule has 5 nitrogen and oxygen atoms in total. The summed E-state index contributed by atoms with van der Waals surface area (Å²) in [5.41, 5.74) is 1.28. The Morgan fingerprint density at radius 1 is 1.44 bits per heavy atom. The van der Waals surface area contributed by atoms with Crippen molar-refractivity contribution >= 4 is 28.8 Å². The Balaban J connectivity index is 2.40. The summed E-state index contributed by atoms with van der Waals surface area (Å²) in [5, 5.41) is 2.86. The first-order chi connectivity index (χ1) is 7.90. The van der Waals surface area contributed by atoms with Crippen molar-refractivity contribution in [1.29, 1.82) is 0 Å². The third kappa shape index (κ3) is 1.24. The lowest BCUT2D eigenvalue weighted by atomic mass is 10.5. The third-order valence-electron chi connectivity index (χ3n) is 2.18. The number of thiophene rings is 1. The lowest BCUT2D eigenvalue weighted by Crippen LogP contribution is -1.98. The van der Waals surface area contributed by atoms with E-state index >= 15 is 0 Å². The summed E-state index contributed by atoms with van der Waals surface area (Å²) in [4.78, 5) is 23.2. The molecule has 0 saturated heterocycles. The average Bonchev–Trinajstić information content (AvgIpc) is 2.94. The molecule has 0 aliphatic heterocycles. The number of imidazole rings is 1. The highest BCUT2D eigenvalue weighted by atomic mass is 32.1. The summed E-state index contributed by atoms with van der Waals surface area (Å²) in [6.07, 6.45) is 3.77. The van der Waals surface area contributed by atoms with E-state index in [1.165, 1.54) is 17.7 Å². The number of fused-ring (bicyclic) bond motifs is 1. The highest BCUT2D eigenvalue weighted by Crippen LogP contribution is 2.21. The van der Waals surface area contributed by atoms with Gasteiger partial charge in [-0.05, 0) is 17.5 Å². The van der Waals surface area contributed by atoms with Gasteiger partial charge in [-0.3, -0.25) is 9.36 Å². The second kappa shape index (κ2) is 3.49. The molecule has 0 fully saturated rings. The van der Waals surface area contributed by atoms with Crippen LogP contribution < -0.4 is 0 Å². The van der Waals surface area contributed by atoms with Crippen LogP contribution in [0.2, 0.25) is 0 Å². The number of carbonyl (C=O) groups is 1. The van der Waals surface area contributed by atoms with Crippen LogP contribution in [0.4, 0.5) is 0 Å². The Morgan fingerprint density at radius 2 is 2.38 bits per heavy atom. The van der Waals surface area contributed by atoms with Gasteiger partial charge in [0.2, 0.25) is 0 Å². The van der Waals surface area contributed by atoms with Crippen molar-refractivity contribution in [3.8, 4) is 5.00 Å². The van der Waals surface area contributed by atoms with Crippen molar-refractivity contribution in [2.75, 3.05) is 0 Å². The third-order valence-corrected chi connectivity index (χ3v) is 3.03. The van der Waals surface area contributed by atoms with Gasteiger partial charge in [0, 0.05) is 0 Å². The summed E-state index contributed by atoms with van der Waals surface area (Å²) in [5.74, 6) is 0.345. The normalized spacial score (nSPS) is 10.8. The Bertz CT molecular complexity index is 644. The monoisotopic (exact) mass is 230 g/mol. The first-order valence-corrected chi connectivity index (χ1v) is 5.45. The van der Waals surface area contributed by atoms with Gasteiger partial charge in [0.05, 0.1) is 6.20 Å². The van der Waals surface area contributed by atoms with Crippen LogP contribution in [0.25, 0.3) is 16.2 Å². The van der Waals surface area contributed by atoms with Crippen molar-refractivity contribution in [3.05, 3.63) is 35.9 Å². The van der Waals surface area contributed by atoms with Crippen molar-refractivity contribution in [1.82, 2.24) is 19.5 Å². The molecule has 0 saturated carbocycles. The molecular weight excluding hydrogens is 224 g/mol. The Hall–Kier alpha value is -2.08. The fourth-order valence-electron chi connectivity index (χ4n) is 1.54. The lowest BCUT2D eigenvalue weighted by Gasteiger charge is -1.99. The number of nitrogens with zero attached hydrogens (tertiary/aromatic N) is 4. The molecule has 0 atom stereocenters. The van der Waals surface area contributed by atoms with Crippen molar-refractivity contribution in [2.24, 2.45) is 0 Å². The molecule has 0 bridgehead atoms. The molecule has 3 rings (SSSR count). The number of carbonyl (C=O) groups excluding carboxylic acids is 1.